The van der Waals surface area contributed by atoms with Gasteiger partial charge in [-0.2, -0.15) is 0 Å². The fraction of sp³-hybridized carbons (Fsp3) is 0.611. The van der Waals surface area contributed by atoms with Crippen molar-refractivity contribution in [2.24, 2.45) is 5.92 Å². The molecule has 24 heavy (non-hydrogen) atoms. The van der Waals surface area contributed by atoms with Crippen LogP contribution in [0.4, 0.5) is 0 Å². The van der Waals surface area contributed by atoms with E-state index in [1.165, 1.54) is 0 Å². The summed E-state index contributed by atoms with van der Waals surface area (Å²) in [5.41, 5.74) is 0. The Morgan fingerprint density at radius 3 is 2.54 bits per heavy atom. The van der Waals surface area contributed by atoms with E-state index in [1.54, 1.807) is 24.3 Å². The fourth-order valence-corrected chi connectivity index (χ4v) is 5.50. The summed E-state index contributed by atoms with van der Waals surface area (Å²) in [4.78, 5) is 17.3. The first kappa shape index (κ1) is 17.4. The Kier molecular flexibility index (Phi) is 5.25. The van der Waals surface area contributed by atoms with Crippen molar-refractivity contribution in [1.82, 2.24) is 9.80 Å². The highest BCUT2D eigenvalue weighted by molar-refractivity contribution is 7.91. The zero-order valence-electron chi connectivity index (χ0n) is 14.2. The summed E-state index contributed by atoms with van der Waals surface area (Å²) in [5, 5.41) is 0. The molecule has 0 spiro atoms. The Morgan fingerprint density at radius 2 is 1.83 bits per heavy atom. The summed E-state index contributed by atoms with van der Waals surface area (Å²) in [6.45, 7) is 2.51. The van der Waals surface area contributed by atoms with E-state index in [0.29, 0.717) is 11.4 Å². The topological polar surface area (TPSA) is 57.7 Å². The molecule has 0 bridgehead atoms. The molecule has 2 atom stereocenters. The Hall–Kier alpha value is -1.40. The normalized spacial score (nSPS) is 25.8. The van der Waals surface area contributed by atoms with E-state index < -0.39 is 9.84 Å². The second kappa shape index (κ2) is 7.23. The number of hydrogen-bond donors (Lipinski definition) is 0. The van der Waals surface area contributed by atoms with E-state index >= 15 is 0 Å². The van der Waals surface area contributed by atoms with E-state index in [4.69, 9.17) is 0 Å². The van der Waals surface area contributed by atoms with Crippen LogP contribution in [0.15, 0.2) is 35.2 Å². The number of piperidine rings is 1. The zero-order valence-corrected chi connectivity index (χ0v) is 15.0. The van der Waals surface area contributed by atoms with Crippen molar-refractivity contribution in [2.75, 3.05) is 32.4 Å². The lowest BCUT2D eigenvalue weighted by molar-refractivity contribution is -0.137. The van der Waals surface area contributed by atoms with Gasteiger partial charge in [-0.1, -0.05) is 18.2 Å². The molecule has 1 aromatic rings. The lowest BCUT2D eigenvalue weighted by atomic mass is 9.97. The van der Waals surface area contributed by atoms with Gasteiger partial charge in [0.1, 0.15) is 0 Å². The van der Waals surface area contributed by atoms with E-state index in [2.05, 4.69) is 4.90 Å². The van der Waals surface area contributed by atoms with Crippen molar-refractivity contribution in [3.8, 4) is 0 Å². The molecule has 1 aromatic carbocycles. The number of hydrogen-bond acceptors (Lipinski definition) is 4. The Labute approximate surface area is 144 Å². The average molecular weight is 350 g/mol. The summed E-state index contributed by atoms with van der Waals surface area (Å²) in [7, 11) is -1.31. The second-order valence-electron chi connectivity index (χ2n) is 7.02. The van der Waals surface area contributed by atoms with Gasteiger partial charge in [0.05, 0.1) is 16.6 Å². The van der Waals surface area contributed by atoms with Gasteiger partial charge in [-0.25, -0.2) is 8.42 Å². The molecule has 2 fully saturated rings. The summed E-state index contributed by atoms with van der Waals surface area (Å²) in [5.74, 6) is 0.196. The molecule has 2 heterocycles. The second-order valence-corrected chi connectivity index (χ2v) is 9.06. The molecular formula is C18H26N2O3S. The van der Waals surface area contributed by atoms with Gasteiger partial charge in [0.2, 0.25) is 5.91 Å². The standard InChI is InChI=1S/C18H26N2O3S/c1-19-11-5-7-15(13-19)18(21)20-12-6-8-16(20)14-24(22,23)17-9-3-2-4-10-17/h2-4,9-10,15-16H,5-8,11-14H2,1H3. The summed E-state index contributed by atoms with van der Waals surface area (Å²) >= 11 is 0. The van der Waals surface area contributed by atoms with Gasteiger partial charge in [0.15, 0.2) is 9.84 Å². The maximum Gasteiger partial charge on any atom is 0.227 e. The fourth-order valence-electron chi connectivity index (χ4n) is 3.88. The van der Waals surface area contributed by atoms with Crippen molar-refractivity contribution in [3.63, 3.8) is 0 Å². The van der Waals surface area contributed by atoms with E-state index in [9.17, 15) is 13.2 Å². The van der Waals surface area contributed by atoms with Crippen molar-refractivity contribution in [1.29, 1.82) is 0 Å². The third-order valence-electron chi connectivity index (χ3n) is 5.15. The minimum absolute atomic E-state index is 0.0174. The van der Waals surface area contributed by atoms with E-state index in [1.807, 2.05) is 18.0 Å². The largest absolute Gasteiger partial charge is 0.338 e. The third kappa shape index (κ3) is 3.81. The molecule has 2 aliphatic rings. The van der Waals surface area contributed by atoms with Crippen LogP contribution in [0.1, 0.15) is 25.7 Å². The SMILES string of the molecule is CN1CCCC(C(=O)N2CCCC2CS(=O)(=O)c2ccccc2)C1. The van der Waals surface area contributed by atoms with Gasteiger partial charge in [0, 0.05) is 19.1 Å². The van der Waals surface area contributed by atoms with Gasteiger partial charge >= 0.3 is 0 Å². The van der Waals surface area contributed by atoms with Crippen LogP contribution in [-0.4, -0.2) is 62.6 Å². The number of likely N-dealkylation sites (tertiary alicyclic amines) is 2. The van der Waals surface area contributed by atoms with Crippen molar-refractivity contribution in [3.05, 3.63) is 30.3 Å². The molecule has 2 unspecified atom stereocenters. The monoisotopic (exact) mass is 350 g/mol. The van der Waals surface area contributed by atoms with Crippen LogP contribution in [0.25, 0.3) is 0 Å². The maximum atomic E-state index is 12.9. The van der Waals surface area contributed by atoms with Crippen LogP contribution in [-0.2, 0) is 14.6 Å². The van der Waals surface area contributed by atoms with Gasteiger partial charge in [-0.15, -0.1) is 0 Å². The van der Waals surface area contributed by atoms with Crippen LogP contribution in [0.2, 0.25) is 0 Å². The number of nitrogens with zero attached hydrogens (tertiary/aromatic N) is 2. The van der Waals surface area contributed by atoms with Crippen LogP contribution < -0.4 is 0 Å². The van der Waals surface area contributed by atoms with E-state index in [0.717, 1.165) is 38.8 Å². The van der Waals surface area contributed by atoms with Crippen molar-refractivity contribution in [2.45, 2.75) is 36.6 Å². The first-order valence-electron chi connectivity index (χ1n) is 8.74. The van der Waals surface area contributed by atoms with Gasteiger partial charge < -0.3 is 9.80 Å². The molecule has 0 aliphatic carbocycles. The quantitative estimate of drug-likeness (QED) is 0.831. The van der Waals surface area contributed by atoms with Gasteiger partial charge in [0.25, 0.3) is 0 Å². The average Bonchev–Trinajstić information content (AvgIpc) is 3.02. The molecule has 0 radical (unpaired) electrons. The van der Waals surface area contributed by atoms with Crippen LogP contribution in [0.3, 0.4) is 0 Å². The minimum Gasteiger partial charge on any atom is -0.338 e. The highest BCUT2D eigenvalue weighted by Gasteiger charge is 2.36. The number of rotatable bonds is 4. The van der Waals surface area contributed by atoms with Crippen LogP contribution in [0, 0.1) is 5.92 Å². The zero-order chi connectivity index (χ0) is 17.2. The molecule has 0 N–H and O–H groups in total. The lowest BCUT2D eigenvalue weighted by Crippen LogP contribution is -2.47. The third-order valence-corrected chi connectivity index (χ3v) is 6.96. The minimum atomic E-state index is -3.36. The molecule has 3 rings (SSSR count). The molecule has 5 nitrogen and oxygen atoms in total. The first-order chi connectivity index (χ1) is 11.5. The number of benzene rings is 1. The number of amides is 1. The maximum absolute atomic E-state index is 12.9. The number of carbonyl (C=O) groups is 1. The van der Waals surface area contributed by atoms with Crippen LogP contribution in [0.5, 0.6) is 0 Å². The van der Waals surface area contributed by atoms with Crippen molar-refractivity contribution < 1.29 is 13.2 Å². The number of sulfone groups is 1. The molecule has 0 saturated carbocycles. The predicted octanol–water partition coefficient (Wildman–Crippen LogP) is 1.79. The number of carbonyl (C=O) groups excluding carboxylic acids is 1. The van der Waals surface area contributed by atoms with Gasteiger partial charge in [-0.3, -0.25) is 4.79 Å². The predicted molar refractivity (Wildman–Crippen MR) is 93.5 cm³/mol. The molecule has 2 aliphatic heterocycles. The van der Waals surface area contributed by atoms with Gasteiger partial charge in [-0.05, 0) is 51.4 Å². The first-order valence-corrected chi connectivity index (χ1v) is 10.4. The van der Waals surface area contributed by atoms with E-state index in [-0.39, 0.29) is 23.6 Å². The highest BCUT2D eigenvalue weighted by atomic mass is 32.2. The molecule has 1 amide bonds. The molecule has 2 saturated heterocycles. The molecule has 132 valence electrons. The van der Waals surface area contributed by atoms with Crippen LogP contribution >= 0.6 is 0 Å². The smallest absolute Gasteiger partial charge is 0.227 e. The Balaban J connectivity index is 1.70. The molecular weight excluding hydrogens is 324 g/mol. The van der Waals surface area contributed by atoms with Crippen molar-refractivity contribution >= 4 is 15.7 Å². The Bertz CT molecular complexity index is 675. The highest BCUT2D eigenvalue weighted by Crippen LogP contribution is 2.26. The Morgan fingerprint density at radius 1 is 1.12 bits per heavy atom. The summed E-state index contributed by atoms with van der Waals surface area (Å²) in [6.07, 6.45) is 3.62. The molecule has 6 heteroatoms. The summed E-state index contributed by atoms with van der Waals surface area (Å²) in [6, 6.07) is 8.36. The molecule has 0 aromatic heterocycles. The summed E-state index contributed by atoms with van der Waals surface area (Å²) < 4.78 is 25.3. The lowest BCUT2D eigenvalue weighted by Gasteiger charge is -2.33.